The third-order valence-electron chi connectivity index (χ3n) is 6.78. The molecule has 0 atom stereocenters. The first kappa shape index (κ1) is 24.5. The minimum absolute atomic E-state index is 0.0327. The molecule has 3 aromatic carbocycles. The SMILES string of the molecule is Cc1c(/C=C(/C#N)C(=O)NCCc2c[nH]c3ccccc23)c2ccccc2n1Cc1ccc([N+](=O)[O-])cc1. The highest BCUT2D eigenvalue weighted by Crippen LogP contribution is 2.29. The van der Waals surface area contributed by atoms with Gasteiger partial charge in [0, 0.05) is 64.5 Å². The van der Waals surface area contributed by atoms with Gasteiger partial charge >= 0.3 is 0 Å². The van der Waals surface area contributed by atoms with Crippen molar-refractivity contribution in [3.05, 3.63) is 117 Å². The molecule has 0 unspecified atom stereocenters. The predicted octanol–water partition coefficient (Wildman–Crippen LogP) is 5.65. The summed E-state index contributed by atoms with van der Waals surface area (Å²) >= 11 is 0. The molecule has 2 aromatic heterocycles. The molecule has 0 aliphatic rings. The number of carbonyl (C=O) groups is 1. The number of rotatable bonds is 8. The minimum atomic E-state index is -0.419. The van der Waals surface area contributed by atoms with E-state index in [0.29, 0.717) is 19.5 Å². The van der Waals surface area contributed by atoms with E-state index in [0.717, 1.165) is 44.2 Å². The van der Waals surface area contributed by atoms with Crippen molar-refractivity contribution < 1.29 is 9.72 Å². The van der Waals surface area contributed by atoms with Crippen molar-refractivity contribution in [2.45, 2.75) is 19.9 Å². The summed E-state index contributed by atoms with van der Waals surface area (Å²) in [6.45, 7) is 2.85. The molecule has 0 spiro atoms. The second-order valence-corrected chi connectivity index (χ2v) is 9.06. The van der Waals surface area contributed by atoms with Crippen LogP contribution in [0, 0.1) is 28.4 Å². The largest absolute Gasteiger partial charge is 0.361 e. The Morgan fingerprint density at radius 2 is 1.79 bits per heavy atom. The monoisotopic (exact) mass is 503 g/mol. The minimum Gasteiger partial charge on any atom is -0.361 e. The van der Waals surface area contributed by atoms with Gasteiger partial charge in [0.25, 0.3) is 11.6 Å². The third kappa shape index (κ3) is 4.77. The van der Waals surface area contributed by atoms with E-state index in [-0.39, 0.29) is 11.3 Å². The van der Waals surface area contributed by atoms with Gasteiger partial charge in [-0.2, -0.15) is 5.26 Å². The molecule has 2 N–H and O–H groups in total. The van der Waals surface area contributed by atoms with Gasteiger partial charge in [-0.25, -0.2) is 0 Å². The van der Waals surface area contributed by atoms with E-state index in [1.54, 1.807) is 18.2 Å². The van der Waals surface area contributed by atoms with E-state index >= 15 is 0 Å². The quantitative estimate of drug-likeness (QED) is 0.123. The Bertz CT molecular complexity index is 1740. The summed E-state index contributed by atoms with van der Waals surface area (Å²) in [6.07, 6.45) is 4.23. The van der Waals surface area contributed by atoms with Crippen molar-refractivity contribution in [1.29, 1.82) is 5.26 Å². The van der Waals surface area contributed by atoms with Crippen LogP contribution in [0.5, 0.6) is 0 Å². The van der Waals surface area contributed by atoms with Crippen molar-refractivity contribution in [2.75, 3.05) is 6.54 Å². The van der Waals surface area contributed by atoms with Crippen molar-refractivity contribution >= 4 is 39.5 Å². The summed E-state index contributed by atoms with van der Waals surface area (Å²) < 4.78 is 2.09. The van der Waals surface area contributed by atoms with Crippen LogP contribution in [0.1, 0.15) is 22.4 Å². The summed E-state index contributed by atoms with van der Waals surface area (Å²) in [5.41, 5.74) is 5.78. The summed E-state index contributed by atoms with van der Waals surface area (Å²) in [6, 6.07) is 24.3. The molecule has 0 saturated carbocycles. The maximum atomic E-state index is 12.9. The first-order chi connectivity index (χ1) is 18.5. The van der Waals surface area contributed by atoms with E-state index in [1.165, 1.54) is 12.1 Å². The molecule has 0 aliphatic carbocycles. The van der Waals surface area contributed by atoms with Crippen LogP contribution < -0.4 is 5.32 Å². The van der Waals surface area contributed by atoms with E-state index in [9.17, 15) is 20.2 Å². The van der Waals surface area contributed by atoms with Crippen LogP contribution in [-0.4, -0.2) is 26.9 Å². The Hall–Kier alpha value is -5.16. The highest BCUT2D eigenvalue weighted by atomic mass is 16.6. The average Bonchev–Trinajstić information content (AvgIpc) is 3.46. The lowest BCUT2D eigenvalue weighted by Gasteiger charge is -2.09. The van der Waals surface area contributed by atoms with Crippen LogP contribution in [0.4, 0.5) is 5.69 Å². The summed E-state index contributed by atoms with van der Waals surface area (Å²) in [4.78, 5) is 26.7. The standard InChI is InChI=1S/C30H25N5O3/c1-20-27(16-23(17-31)30(36)32-15-14-22-18-33-28-8-4-2-6-25(22)28)26-7-3-5-9-29(26)34(20)19-21-10-12-24(13-11-21)35(37)38/h2-13,16,18,33H,14-15,19H2,1H3,(H,32,36)/b23-16-. The number of hydrogen-bond donors (Lipinski definition) is 2. The number of amides is 1. The molecule has 0 fully saturated rings. The number of non-ortho nitro benzene ring substituents is 1. The topological polar surface area (TPSA) is 117 Å². The molecule has 8 heteroatoms. The van der Waals surface area contributed by atoms with E-state index < -0.39 is 10.8 Å². The van der Waals surface area contributed by atoms with Gasteiger partial charge in [0.05, 0.1) is 4.92 Å². The predicted molar refractivity (Wildman–Crippen MR) is 147 cm³/mol. The zero-order valence-electron chi connectivity index (χ0n) is 20.8. The van der Waals surface area contributed by atoms with Gasteiger partial charge in [-0.1, -0.05) is 48.5 Å². The van der Waals surface area contributed by atoms with Gasteiger partial charge in [-0.3, -0.25) is 14.9 Å². The number of fused-ring (bicyclic) bond motifs is 2. The summed E-state index contributed by atoms with van der Waals surface area (Å²) in [5, 5.41) is 25.7. The maximum absolute atomic E-state index is 12.9. The Morgan fingerprint density at radius 3 is 2.53 bits per heavy atom. The number of carbonyl (C=O) groups excluding carboxylic acids is 1. The lowest BCUT2D eigenvalue weighted by Crippen LogP contribution is -2.26. The lowest BCUT2D eigenvalue weighted by molar-refractivity contribution is -0.384. The molecule has 5 rings (SSSR count). The Kier molecular flexibility index (Phi) is 6.74. The summed E-state index contributed by atoms with van der Waals surface area (Å²) in [5.74, 6) is -0.418. The molecule has 8 nitrogen and oxygen atoms in total. The molecule has 38 heavy (non-hydrogen) atoms. The van der Waals surface area contributed by atoms with Gasteiger partial charge in [-0.15, -0.1) is 0 Å². The van der Waals surface area contributed by atoms with Gasteiger partial charge in [0.1, 0.15) is 11.6 Å². The fraction of sp³-hybridized carbons (Fsp3) is 0.133. The molecule has 2 heterocycles. The molecule has 0 aliphatic heterocycles. The normalized spacial score (nSPS) is 11.5. The van der Waals surface area contributed by atoms with E-state index in [1.807, 2.05) is 61.7 Å². The van der Waals surface area contributed by atoms with Gasteiger partial charge in [0.2, 0.25) is 0 Å². The Morgan fingerprint density at radius 1 is 1.08 bits per heavy atom. The Balaban J connectivity index is 1.38. The van der Waals surface area contributed by atoms with Crippen molar-refractivity contribution in [3.8, 4) is 6.07 Å². The molecule has 1 amide bonds. The number of nitrogens with one attached hydrogen (secondary N) is 2. The third-order valence-corrected chi connectivity index (χ3v) is 6.78. The van der Waals surface area contributed by atoms with Crippen molar-refractivity contribution in [1.82, 2.24) is 14.9 Å². The number of nitrogens with zero attached hydrogens (tertiary/aromatic N) is 3. The van der Waals surface area contributed by atoms with E-state index in [2.05, 4.69) is 20.9 Å². The highest BCUT2D eigenvalue weighted by Gasteiger charge is 2.16. The first-order valence-electron chi connectivity index (χ1n) is 12.2. The lowest BCUT2D eigenvalue weighted by atomic mass is 10.1. The Labute approximate surface area is 219 Å². The van der Waals surface area contributed by atoms with Crippen molar-refractivity contribution in [3.63, 3.8) is 0 Å². The van der Waals surface area contributed by atoms with Gasteiger partial charge in [-0.05, 0) is 42.7 Å². The molecule has 188 valence electrons. The number of nitro benzene ring substituents is 1. The van der Waals surface area contributed by atoms with Gasteiger partial charge < -0.3 is 14.9 Å². The molecule has 0 bridgehead atoms. The zero-order chi connectivity index (χ0) is 26.6. The number of nitriles is 1. The average molecular weight is 504 g/mol. The van der Waals surface area contributed by atoms with E-state index in [4.69, 9.17) is 0 Å². The molecule has 0 radical (unpaired) electrons. The number of para-hydroxylation sites is 2. The van der Waals surface area contributed by atoms with Crippen LogP contribution >= 0.6 is 0 Å². The zero-order valence-corrected chi connectivity index (χ0v) is 20.8. The van der Waals surface area contributed by atoms with Gasteiger partial charge in [0.15, 0.2) is 0 Å². The summed E-state index contributed by atoms with van der Waals surface area (Å²) in [7, 11) is 0. The fourth-order valence-corrected chi connectivity index (χ4v) is 4.79. The number of aromatic amines is 1. The number of benzene rings is 3. The first-order valence-corrected chi connectivity index (χ1v) is 12.2. The fourth-order valence-electron chi connectivity index (χ4n) is 4.79. The smallest absolute Gasteiger partial charge is 0.269 e. The second kappa shape index (κ2) is 10.4. The van der Waals surface area contributed by atoms with Crippen molar-refractivity contribution in [2.24, 2.45) is 0 Å². The van der Waals surface area contributed by atoms with Crippen LogP contribution in [0.2, 0.25) is 0 Å². The molecular formula is C30H25N5O3. The number of aromatic nitrogens is 2. The van der Waals surface area contributed by atoms with Crippen LogP contribution in [-0.2, 0) is 17.8 Å². The number of nitro groups is 1. The van der Waals surface area contributed by atoms with Crippen LogP contribution in [0.25, 0.3) is 27.9 Å². The molecule has 0 saturated heterocycles. The maximum Gasteiger partial charge on any atom is 0.269 e. The molecular weight excluding hydrogens is 478 g/mol. The second-order valence-electron chi connectivity index (χ2n) is 9.06. The number of hydrogen-bond acceptors (Lipinski definition) is 4. The molecule has 5 aromatic rings. The number of H-pyrrole nitrogens is 1. The van der Waals surface area contributed by atoms with Crippen LogP contribution in [0.3, 0.4) is 0 Å². The van der Waals surface area contributed by atoms with Crippen LogP contribution in [0.15, 0.2) is 84.6 Å². The highest BCUT2D eigenvalue weighted by molar-refractivity contribution is 6.04.